The van der Waals surface area contributed by atoms with E-state index < -0.39 is 5.97 Å². The van der Waals surface area contributed by atoms with Gasteiger partial charge in [-0.1, -0.05) is 32.1 Å². The van der Waals surface area contributed by atoms with Gasteiger partial charge in [-0.25, -0.2) is 9.78 Å². The number of anilines is 1. The van der Waals surface area contributed by atoms with Gasteiger partial charge in [-0.2, -0.15) is 0 Å². The largest absolute Gasteiger partial charge is 0.462 e. The third-order valence-electron chi connectivity index (χ3n) is 5.82. The highest BCUT2D eigenvalue weighted by atomic mass is 16.5. The molecule has 2 fully saturated rings. The summed E-state index contributed by atoms with van der Waals surface area (Å²) in [6.45, 7) is 0.892. The molecule has 7 heteroatoms. The quantitative estimate of drug-likeness (QED) is 0.802. The minimum Gasteiger partial charge on any atom is -0.462 e. The Kier molecular flexibility index (Phi) is 5.11. The summed E-state index contributed by atoms with van der Waals surface area (Å²) in [5.74, 6) is 0.331. The molecular weight excluding hydrogens is 346 g/mol. The highest BCUT2D eigenvalue weighted by Crippen LogP contribution is 2.36. The number of benzene rings is 1. The van der Waals surface area contributed by atoms with Crippen molar-refractivity contribution in [2.75, 3.05) is 19.0 Å². The van der Waals surface area contributed by atoms with Crippen LogP contribution in [-0.4, -0.2) is 36.6 Å². The molecular formula is C20H25N3O4. The van der Waals surface area contributed by atoms with Gasteiger partial charge in [-0.3, -0.25) is 4.79 Å². The molecule has 1 aromatic heterocycles. The first-order chi connectivity index (χ1) is 13.2. The lowest BCUT2D eigenvalue weighted by molar-refractivity contribution is -0.119. The number of fused-ring (bicyclic) bond motifs is 1. The van der Waals surface area contributed by atoms with Gasteiger partial charge in [0.1, 0.15) is 5.52 Å². The Balaban J connectivity index is 1.47. The molecule has 1 amide bonds. The van der Waals surface area contributed by atoms with E-state index in [2.05, 4.69) is 20.4 Å². The number of rotatable bonds is 4. The zero-order chi connectivity index (χ0) is 18.8. The van der Waals surface area contributed by atoms with Gasteiger partial charge in [0, 0.05) is 11.8 Å². The van der Waals surface area contributed by atoms with Crippen molar-refractivity contribution in [2.45, 2.75) is 44.6 Å². The Hall–Kier alpha value is -2.41. The van der Waals surface area contributed by atoms with E-state index in [1.165, 1.54) is 39.2 Å². The number of ether oxygens (including phenoxy) is 1. The van der Waals surface area contributed by atoms with Crippen LogP contribution in [0.5, 0.6) is 0 Å². The number of carbonyl (C=O) groups excluding carboxylic acids is 2. The van der Waals surface area contributed by atoms with E-state index >= 15 is 0 Å². The number of aromatic nitrogens is 1. The number of hydrogen-bond donors (Lipinski definition) is 2. The SMILES string of the molecule is COC(=O)c1nc2ccc(NC(=O)[C@@H]3NCC[C@H]3C3CCCCC3)cc2o1. The number of nitrogens with one attached hydrogen (secondary N) is 2. The van der Waals surface area contributed by atoms with Gasteiger partial charge < -0.3 is 19.8 Å². The minimum absolute atomic E-state index is 0.00451. The molecule has 0 unspecified atom stereocenters. The fourth-order valence-electron chi connectivity index (χ4n) is 4.48. The molecule has 1 saturated heterocycles. The summed E-state index contributed by atoms with van der Waals surface area (Å²) in [6, 6.07) is 5.04. The van der Waals surface area contributed by atoms with E-state index in [9.17, 15) is 9.59 Å². The Labute approximate surface area is 157 Å². The van der Waals surface area contributed by atoms with Crippen LogP contribution in [0, 0.1) is 11.8 Å². The third kappa shape index (κ3) is 3.69. The zero-order valence-electron chi connectivity index (χ0n) is 15.5. The molecule has 1 aliphatic heterocycles. The molecule has 2 heterocycles. The first-order valence-electron chi connectivity index (χ1n) is 9.69. The van der Waals surface area contributed by atoms with E-state index in [0.717, 1.165) is 13.0 Å². The fraction of sp³-hybridized carbons (Fsp3) is 0.550. The highest BCUT2D eigenvalue weighted by molar-refractivity contribution is 5.97. The predicted octanol–water partition coefficient (Wildman–Crippen LogP) is 3.11. The molecule has 0 radical (unpaired) electrons. The third-order valence-corrected chi connectivity index (χ3v) is 5.82. The maximum Gasteiger partial charge on any atom is 0.394 e. The molecule has 2 aliphatic rings. The predicted molar refractivity (Wildman–Crippen MR) is 100 cm³/mol. The van der Waals surface area contributed by atoms with Crippen LogP contribution in [-0.2, 0) is 9.53 Å². The van der Waals surface area contributed by atoms with Crippen molar-refractivity contribution in [3.05, 3.63) is 24.1 Å². The summed E-state index contributed by atoms with van der Waals surface area (Å²) in [5, 5.41) is 6.37. The topological polar surface area (TPSA) is 93.5 Å². The van der Waals surface area contributed by atoms with E-state index in [1.807, 2.05) is 0 Å². The van der Waals surface area contributed by atoms with E-state index in [-0.39, 0.29) is 17.8 Å². The maximum absolute atomic E-state index is 12.9. The molecule has 7 nitrogen and oxygen atoms in total. The molecule has 0 spiro atoms. The number of carbonyl (C=O) groups is 2. The second kappa shape index (κ2) is 7.68. The Morgan fingerprint density at radius 1 is 1.22 bits per heavy atom. The molecule has 2 aromatic rings. The van der Waals surface area contributed by atoms with Gasteiger partial charge in [0.2, 0.25) is 5.91 Å². The Morgan fingerprint density at radius 2 is 2.04 bits per heavy atom. The average molecular weight is 371 g/mol. The van der Waals surface area contributed by atoms with Gasteiger partial charge in [0.25, 0.3) is 0 Å². The van der Waals surface area contributed by atoms with E-state index in [0.29, 0.717) is 28.6 Å². The maximum atomic E-state index is 12.9. The number of esters is 1. The van der Waals surface area contributed by atoms with Crippen molar-refractivity contribution in [3.63, 3.8) is 0 Å². The number of methoxy groups -OCH3 is 1. The highest BCUT2D eigenvalue weighted by Gasteiger charge is 2.38. The van der Waals surface area contributed by atoms with Gasteiger partial charge in [0.15, 0.2) is 5.58 Å². The van der Waals surface area contributed by atoms with E-state index in [4.69, 9.17) is 4.42 Å². The number of nitrogens with zero attached hydrogens (tertiary/aromatic N) is 1. The van der Waals surface area contributed by atoms with Crippen LogP contribution in [0.25, 0.3) is 11.1 Å². The van der Waals surface area contributed by atoms with Crippen molar-refractivity contribution < 1.29 is 18.7 Å². The summed E-state index contributed by atoms with van der Waals surface area (Å²) in [5.41, 5.74) is 1.63. The van der Waals surface area contributed by atoms with Gasteiger partial charge in [-0.05, 0) is 36.9 Å². The normalized spacial score (nSPS) is 23.4. The Bertz CT molecular complexity index is 841. The summed E-state index contributed by atoms with van der Waals surface area (Å²) in [4.78, 5) is 28.5. The van der Waals surface area contributed by atoms with Crippen LogP contribution < -0.4 is 10.6 Å². The molecule has 4 rings (SSSR count). The molecule has 2 atom stereocenters. The zero-order valence-corrected chi connectivity index (χ0v) is 15.5. The second-order valence-electron chi connectivity index (χ2n) is 7.46. The van der Waals surface area contributed by atoms with Crippen molar-refractivity contribution in [2.24, 2.45) is 11.8 Å². The smallest absolute Gasteiger partial charge is 0.394 e. The first kappa shape index (κ1) is 18.0. The molecule has 1 saturated carbocycles. The summed E-state index contributed by atoms with van der Waals surface area (Å²) < 4.78 is 10.1. The molecule has 144 valence electrons. The second-order valence-corrected chi connectivity index (χ2v) is 7.46. The average Bonchev–Trinajstić information content (AvgIpc) is 3.34. The van der Waals surface area contributed by atoms with E-state index in [1.54, 1.807) is 18.2 Å². The molecule has 27 heavy (non-hydrogen) atoms. The summed E-state index contributed by atoms with van der Waals surface area (Å²) in [6.07, 6.45) is 7.40. The first-order valence-corrected chi connectivity index (χ1v) is 9.69. The standard InChI is InChI=1S/C20H25N3O4/c1-26-20(25)19-23-15-8-7-13(11-16(15)27-19)22-18(24)17-14(9-10-21-17)12-5-3-2-4-6-12/h7-8,11-12,14,17,21H,2-6,9-10H2,1H3,(H,22,24)/t14-,17+/m0/s1. The van der Waals surface area contributed by atoms with Crippen molar-refractivity contribution >= 4 is 28.7 Å². The number of oxazole rings is 1. The van der Waals surface area contributed by atoms with Crippen LogP contribution >= 0.6 is 0 Å². The molecule has 2 N–H and O–H groups in total. The lowest BCUT2D eigenvalue weighted by Gasteiger charge is -2.30. The van der Waals surface area contributed by atoms with Crippen molar-refractivity contribution in [3.8, 4) is 0 Å². The van der Waals surface area contributed by atoms with Crippen LogP contribution in [0.4, 0.5) is 5.69 Å². The Morgan fingerprint density at radius 3 is 2.81 bits per heavy atom. The van der Waals surface area contributed by atoms with Crippen LogP contribution in [0.1, 0.15) is 49.2 Å². The van der Waals surface area contributed by atoms with Gasteiger partial charge >= 0.3 is 11.9 Å². The lowest BCUT2D eigenvalue weighted by atomic mass is 9.76. The summed E-state index contributed by atoms with van der Waals surface area (Å²) in [7, 11) is 1.28. The van der Waals surface area contributed by atoms with Crippen LogP contribution in [0.2, 0.25) is 0 Å². The molecule has 0 bridgehead atoms. The van der Waals surface area contributed by atoms with Crippen LogP contribution in [0.3, 0.4) is 0 Å². The van der Waals surface area contributed by atoms with Gasteiger partial charge in [-0.15, -0.1) is 0 Å². The fourth-order valence-corrected chi connectivity index (χ4v) is 4.48. The minimum atomic E-state index is -0.623. The lowest BCUT2D eigenvalue weighted by Crippen LogP contribution is -2.42. The molecule has 1 aliphatic carbocycles. The van der Waals surface area contributed by atoms with Gasteiger partial charge in [0.05, 0.1) is 13.2 Å². The van der Waals surface area contributed by atoms with Crippen molar-refractivity contribution in [1.82, 2.24) is 10.3 Å². The number of hydrogen-bond acceptors (Lipinski definition) is 6. The number of amides is 1. The molecule has 1 aromatic carbocycles. The monoisotopic (exact) mass is 371 g/mol. The summed E-state index contributed by atoms with van der Waals surface area (Å²) >= 11 is 0. The van der Waals surface area contributed by atoms with Crippen molar-refractivity contribution in [1.29, 1.82) is 0 Å². The van der Waals surface area contributed by atoms with Crippen LogP contribution in [0.15, 0.2) is 22.6 Å².